The lowest BCUT2D eigenvalue weighted by Gasteiger charge is -2.49. The molecule has 1 fully saturated rings. The van der Waals surface area contributed by atoms with Gasteiger partial charge >= 0.3 is 0 Å². The number of anilines is 2. The second-order valence-electron chi connectivity index (χ2n) is 5.85. The highest BCUT2D eigenvalue weighted by atomic mass is 15.3. The number of rotatable bonds is 6. The molecule has 0 atom stereocenters. The zero-order chi connectivity index (χ0) is 14.8. The zero-order valence-corrected chi connectivity index (χ0v) is 13.0. The van der Waals surface area contributed by atoms with Crippen molar-refractivity contribution in [2.45, 2.75) is 38.1 Å². The first-order chi connectivity index (χ1) is 9.50. The summed E-state index contributed by atoms with van der Waals surface area (Å²) in [6.07, 6.45) is 4.61. The van der Waals surface area contributed by atoms with Crippen LogP contribution in [0.1, 0.15) is 32.0 Å². The molecule has 2 rings (SSSR count). The number of nitrogens with two attached hydrogens (primary N) is 1. The summed E-state index contributed by atoms with van der Waals surface area (Å²) in [5.41, 5.74) is 2.90. The van der Waals surface area contributed by atoms with Crippen LogP contribution >= 0.6 is 0 Å². The fraction of sp³-hybridized carbons (Fsp3) is 0.714. The van der Waals surface area contributed by atoms with Crippen molar-refractivity contribution in [3.05, 3.63) is 11.9 Å². The monoisotopic (exact) mass is 278 g/mol. The van der Waals surface area contributed by atoms with Crippen LogP contribution in [-0.4, -0.2) is 48.1 Å². The van der Waals surface area contributed by atoms with E-state index >= 15 is 0 Å². The van der Waals surface area contributed by atoms with Crippen molar-refractivity contribution in [2.24, 2.45) is 5.84 Å². The van der Waals surface area contributed by atoms with E-state index in [1.165, 1.54) is 19.3 Å². The second-order valence-corrected chi connectivity index (χ2v) is 5.85. The molecule has 20 heavy (non-hydrogen) atoms. The Labute approximate surface area is 121 Å². The SMILES string of the molecule is CCc1nc(NN)cc(N(C)CC2(N(C)C)CCC2)n1. The number of aromatic nitrogens is 2. The maximum atomic E-state index is 5.49. The number of hydrogen-bond donors (Lipinski definition) is 2. The van der Waals surface area contributed by atoms with Crippen LogP contribution < -0.4 is 16.2 Å². The van der Waals surface area contributed by atoms with Gasteiger partial charge in [0.2, 0.25) is 0 Å². The largest absolute Gasteiger partial charge is 0.358 e. The average Bonchev–Trinajstić information content (AvgIpc) is 2.41. The predicted octanol–water partition coefficient (Wildman–Crippen LogP) is 1.25. The first-order valence-electron chi connectivity index (χ1n) is 7.24. The number of nitrogens with zero attached hydrogens (tertiary/aromatic N) is 4. The minimum absolute atomic E-state index is 0.280. The highest BCUT2D eigenvalue weighted by molar-refractivity contribution is 5.48. The molecule has 0 radical (unpaired) electrons. The van der Waals surface area contributed by atoms with Gasteiger partial charge in [-0.3, -0.25) is 0 Å². The van der Waals surface area contributed by atoms with Gasteiger partial charge in [-0.2, -0.15) is 0 Å². The molecule has 1 aliphatic rings. The van der Waals surface area contributed by atoms with Crippen LogP contribution in [0.4, 0.5) is 11.6 Å². The third-order valence-corrected chi connectivity index (χ3v) is 4.38. The summed E-state index contributed by atoms with van der Waals surface area (Å²) >= 11 is 0. The maximum Gasteiger partial charge on any atom is 0.145 e. The number of hydrazine groups is 1. The van der Waals surface area contributed by atoms with Gasteiger partial charge in [0.1, 0.15) is 17.5 Å². The van der Waals surface area contributed by atoms with E-state index < -0.39 is 0 Å². The highest BCUT2D eigenvalue weighted by Crippen LogP contribution is 2.37. The molecule has 3 N–H and O–H groups in total. The molecule has 0 aromatic carbocycles. The summed E-state index contributed by atoms with van der Waals surface area (Å²) in [7, 11) is 6.42. The van der Waals surface area contributed by atoms with Crippen molar-refractivity contribution < 1.29 is 0 Å². The summed E-state index contributed by atoms with van der Waals surface area (Å²) in [4.78, 5) is 13.5. The van der Waals surface area contributed by atoms with E-state index in [-0.39, 0.29) is 5.54 Å². The Morgan fingerprint density at radius 1 is 1.30 bits per heavy atom. The van der Waals surface area contributed by atoms with E-state index in [1.807, 2.05) is 13.0 Å². The average molecular weight is 278 g/mol. The number of nitrogens with one attached hydrogen (secondary N) is 1. The van der Waals surface area contributed by atoms with Crippen LogP contribution in [0.25, 0.3) is 0 Å². The first-order valence-corrected chi connectivity index (χ1v) is 7.24. The molecular weight excluding hydrogens is 252 g/mol. The highest BCUT2D eigenvalue weighted by Gasteiger charge is 2.40. The summed E-state index contributed by atoms with van der Waals surface area (Å²) in [5.74, 6) is 7.90. The van der Waals surface area contributed by atoms with Gasteiger partial charge in [-0.1, -0.05) is 6.92 Å². The van der Waals surface area contributed by atoms with E-state index in [0.29, 0.717) is 5.82 Å². The fourth-order valence-electron chi connectivity index (χ4n) is 2.76. The van der Waals surface area contributed by atoms with E-state index in [2.05, 4.69) is 46.3 Å². The molecule has 6 nitrogen and oxygen atoms in total. The van der Waals surface area contributed by atoms with Gasteiger partial charge in [-0.05, 0) is 33.4 Å². The van der Waals surface area contributed by atoms with Crippen LogP contribution in [0.15, 0.2) is 6.07 Å². The van der Waals surface area contributed by atoms with Crippen molar-refractivity contribution in [1.82, 2.24) is 14.9 Å². The lowest BCUT2D eigenvalue weighted by atomic mass is 9.75. The van der Waals surface area contributed by atoms with Crippen LogP contribution in [-0.2, 0) is 6.42 Å². The van der Waals surface area contributed by atoms with Crippen LogP contribution in [0, 0.1) is 0 Å². The number of aryl methyl sites for hydroxylation is 1. The van der Waals surface area contributed by atoms with Crippen LogP contribution in [0.3, 0.4) is 0 Å². The predicted molar refractivity (Wildman–Crippen MR) is 82.8 cm³/mol. The Morgan fingerprint density at radius 2 is 2.00 bits per heavy atom. The standard InChI is InChI=1S/C14H26N6/c1-5-11-16-12(18-15)9-13(17-11)20(4)10-14(19(2)3)7-6-8-14/h9H,5-8,10,15H2,1-4H3,(H,16,17,18). The molecule has 0 spiro atoms. The van der Waals surface area contributed by atoms with Crippen molar-refractivity contribution >= 4 is 11.6 Å². The minimum Gasteiger partial charge on any atom is -0.358 e. The van der Waals surface area contributed by atoms with Gasteiger partial charge in [0.25, 0.3) is 0 Å². The summed E-state index contributed by atoms with van der Waals surface area (Å²) in [6, 6.07) is 1.90. The van der Waals surface area contributed by atoms with Gasteiger partial charge < -0.3 is 15.2 Å². The molecule has 0 unspecified atom stereocenters. The molecule has 1 heterocycles. The maximum absolute atomic E-state index is 5.49. The molecule has 112 valence electrons. The van der Waals surface area contributed by atoms with Gasteiger partial charge in [-0.15, -0.1) is 0 Å². The summed E-state index contributed by atoms with van der Waals surface area (Å²) in [6.45, 7) is 3.02. The van der Waals surface area contributed by atoms with Crippen molar-refractivity contribution in [2.75, 3.05) is 38.0 Å². The molecule has 0 bridgehead atoms. The smallest absolute Gasteiger partial charge is 0.145 e. The fourth-order valence-corrected chi connectivity index (χ4v) is 2.76. The molecule has 0 aliphatic heterocycles. The number of hydrogen-bond acceptors (Lipinski definition) is 6. The normalized spacial score (nSPS) is 16.9. The molecule has 1 aromatic rings. The quantitative estimate of drug-likeness (QED) is 0.603. The Balaban J connectivity index is 2.18. The van der Waals surface area contributed by atoms with Crippen molar-refractivity contribution in [3.8, 4) is 0 Å². The second kappa shape index (κ2) is 5.93. The minimum atomic E-state index is 0.280. The summed E-state index contributed by atoms with van der Waals surface area (Å²) < 4.78 is 0. The lowest BCUT2D eigenvalue weighted by Crippen LogP contribution is -2.56. The van der Waals surface area contributed by atoms with E-state index in [4.69, 9.17) is 5.84 Å². The zero-order valence-electron chi connectivity index (χ0n) is 13.0. The molecule has 0 saturated heterocycles. The molecule has 1 aromatic heterocycles. The number of likely N-dealkylation sites (N-methyl/N-ethyl adjacent to an activating group) is 2. The topological polar surface area (TPSA) is 70.3 Å². The Bertz CT molecular complexity index is 433. The van der Waals surface area contributed by atoms with Gasteiger partial charge in [-0.25, -0.2) is 15.8 Å². The Kier molecular flexibility index (Phi) is 4.45. The van der Waals surface area contributed by atoms with Crippen molar-refractivity contribution in [3.63, 3.8) is 0 Å². The van der Waals surface area contributed by atoms with Gasteiger partial charge in [0, 0.05) is 31.6 Å². The molecule has 1 saturated carbocycles. The Morgan fingerprint density at radius 3 is 2.45 bits per heavy atom. The molecule has 1 aliphatic carbocycles. The molecule has 0 amide bonds. The van der Waals surface area contributed by atoms with E-state index in [0.717, 1.165) is 24.6 Å². The van der Waals surface area contributed by atoms with Gasteiger partial charge in [0.15, 0.2) is 0 Å². The summed E-state index contributed by atoms with van der Waals surface area (Å²) in [5, 5.41) is 0. The first kappa shape index (κ1) is 15.0. The third kappa shape index (κ3) is 2.86. The molecular formula is C14H26N6. The van der Waals surface area contributed by atoms with Crippen molar-refractivity contribution in [1.29, 1.82) is 0 Å². The number of nitrogen functional groups attached to an aromatic ring is 1. The Hall–Kier alpha value is -1.40. The van der Waals surface area contributed by atoms with E-state index in [1.54, 1.807) is 0 Å². The van der Waals surface area contributed by atoms with Crippen LogP contribution in [0.2, 0.25) is 0 Å². The van der Waals surface area contributed by atoms with Crippen LogP contribution in [0.5, 0.6) is 0 Å². The molecule has 6 heteroatoms. The van der Waals surface area contributed by atoms with E-state index in [9.17, 15) is 0 Å². The van der Waals surface area contributed by atoms with Gasteiger partial charge in [0.05, 0.1) is 0 Å². The lowest BCUT2D eigenvalue weighted by molar-refractivity contribution is 0.0681. The third-order valence-electron chi connectivity index (χ3n) is 4.38.